The quantitative estimate of drug-likeness (QED) is 0.897. The molecule has 1 aliphatic rings. The number of carbonyl (C=O) groups is 1. The van der Waals surface area contributed by atoms with Crippen molar-refractivity contribution >= 4 is 27.3 Å². The third-order valence-electron chi connectivity index (χ3n) is 3.42. The Balaban J connectivity index is 1.75. The molecule has 1 amide bonds. The van der Waals surface area contributed by atoms with Gasteiger partial charge in [-0.05, 0) is 23.8 Å². The largest absolute Gasteiger partial charge is 0.480 e. The summed E-state index contributed by atoms with van der Waals surface area (Å²) in [5.41, 5.74) is 1.69. The first-order chi connectivity index (χ1) is 10.9. The van der Waals surface area contributed by atoms with Crippen molar-refractivity contribution in [2.75, 3.05) is 16.3 Å². The average molecular weight is 332 g/mol. The topological polar surface area (TPSA) is 84.5 Å². The van der Waals surface area contributed by atoms with Crippen LogP contribution in [0, 0.1) is 0 Å². The van der Waals surface area contributed by atoms with E-state index in [4.69, 9.17) is 4.74 Å². The van der Waals surface area contributed by atoms with Gasteiger partial charge in [-0.1, -0.05) is 30.3 Å². The first-order valence-electron chi connectivity index (χ1n) is 7.04. The molecule has 1 heterocycles. The number of hydrogen-bond acceptors (Lipinski definition) is 4. The Morgan fingerprint density at radius 1 is 1.09 bits per heavy atom. The maximum atomic E-state index is 12.4. The number of nitrogens with one attached hydrogen (secondary N) is 2. The maximum absolute atomic E-state index is 12.4. The standard InChI is InChI=1S/C16H16N2O4S/c1-23(20,21)18-13-8-4-3-7-12(13)17-16(19)15-10-11-6-2-5-9-14(11)22-15/h2-9,15,18H,10H2,1H3,(H,17,19)/t15-/m1/s1. The number of benzene rings is 2. The van der Waals surface area contributed by atoms with Crippen LogP contribution in [0.1, 0.15) is 5.56 Å². The van der Waals surface area contributed by atoms with E-state index in [0.29, 0.717) is 23.5 Å². The van der Waals surface area contributed by atoms with Crippen LogP contribution in [-0.4, -0.2) is 26.7 Å². The number of ether oxygens (including phenoxy) is 1. The predicted molar refractivity (Wildman–Crippen MR) is 88.1 cm³/mol. The lowest BCUT2D eigenvalue weighted by Gasteiger charge is -2.14. The van der Waals surface area contributed by atoms with Crippen LogP contribution >= 0.6 is 0 Å². The van der Waals surface area contributed by atoms with E-state index in [1.807, 2.05) is 24.3 Å². The molecule has 6 nitrogen and oxygen atoms in total. The van der Waals surface area contributed by atoms with E-state index in [9.17, 15) is 13.2 Å². The summed E-state index contributed by atoms with van der Waals surface area (Å²) >= 11 is 0. The van der Waals surface area contributed by atoms with E-state index >= 15 is 0 Å². The lowest BCUT2D eigenvalue weighted by molar-refractivity contribution is -0.122. The first kappa shape index (κ1) is 15.4. The summed E-state index contributed by atoms with van der Waals surface area (Å²) in [6.07, 6.45) is 0.921. The summed E-state index contributed by atoms with van der Waals surface area (Å²) in [5.74, 6) is 0.388. The molecule has 0 radical (unpaired) electrons. The molecule has 7 heteroatoms. The van der Waals surface area contributed by atoms with Crippen molar-refractivity contribution in [3.8, 4) is 5.75 Å². The van der Waals surface area contributed by atoms with Crippen LogP contribution in [0.2, 0.25) is 0 Å². The number of amides is 1. The molecule has 0 saturated heterocycles. The number of anilines is 2. The molecule has 2 N–H and O–H groups in total. The summed E-state index contributed by atoms with van der Waals surface area (Å²) in [7, 11) is -3.43. The van der Waals surface area contributed by atoms with E-state index in [0.717, 1.165) is 11.8 Å². The van der Waals surface area contributed by atoms with E-state index in [-0.39, 0.29) is 5.91 Å². The number of carbonyl (C=O) groups excluding carboxylic acids is 1. The number of hydrogen-bond donors (Lipinski definition) is 2. The fourth-order valence-corrected chi connectivity index (χ4v) is 3.00. The van der Waals surface area contributed by atoms with Crippen molar-refractivity contribution in [2.45, 2.75) is 12.5 Å². The third kappa shape index (κ3) is 3.62. The molecular weight excluding hydrogens is 316 g/mol. The van der Waals surface area contributed by atoms with Crippen molar-refractivity contribution in [3.63, 3.8) is 0 Å². The minimum absolute atomic E-state index is 0.316. The van der Waals surface area contributed by atoms with Gasteiger partial charge in [0.2, 0.25) is 10.0 Å². The Bertz CT molecular complexity index is 824. The average Bonchev–Trinajstić information content (AvgIpc) is 2.92. The summed E-state index contributed by atoms with van der Waals surface area (Å²) in [6.45, 7) is 0. The number of rotatable bonds is 4. The van der Waals surface area contributed by atoms with Gasteiger partial charge >= 0.3 is 0 Å². The van der Waals surface area contributed by atoms with E-state index < -0.39 is 16.1 Å². The van der Waals surface area contributed by atoms with Gasteiger partial charge in [0.1, 0.15) is 5.75 Å². The van der Waals surface area contributed by atoms with E-state index in [1.54, 1.807) is 24.3 Å². The number of sulfonamides is 1. The maximum Gasteiger partial charge on any atom is 0.265 e. The molecule has 0 bridgehead atoms. The Labute approximate surface area is 134 Å². The molecule has 1 atom stereocenters. The van der Waals surface area contributed by atoms with Gasteiger partial charge in [0, 0.05) is 6.42 Å². The molecule has 0 aromatic heterocycles. The van der Waals surface area contributed by atoms with Crippen molar-refractivity contribution < 1.29 is 17.9 Å². The highest BCUT2D eigenvalue weighted by molar-refractivity contribution is 7.92. The Hall–Kier alpha value is -2.54. The van der Waals surface area contributed by atoms with Gasteiger partial charge in [-0.2, -0.15) is 0 Å². The Kier molecular flexibility index (Phi) is 3.96. The second-order valence-corrected chi connectivity index (χ2v) is 7.08. The molecule has 2 aromatic rings. The summed E-state index contributed by atoms with van der Waals surface area (Å²) in [6, 6.07) is 14.1. The smallest absolute Gasteiger partial charge is 0.265 e. The van der Waals surface area contributed by atoms with Gasteiger partial charge in [0.05, 0.1) is 17.6 Å². The monoisotopic (exact) mass is 332 g/mol. The molecule has 120 valence electrons. The van der Waals surface area contributed by atoms with Crippen LogP contribution < -0.4 is 14.8 Å². The van der Waals surface area contributed by atoms with Gasteiger partial charge in [0.15, 0.2) is 6.10 Å². The van der Waals surface area contributed by atoms with E-state index in [1.165, 1.54) is 0 Å². The highest BCUT2D eigenvalue weighted by atomic mass is 32.2. The SMILES string of the molecule is CS(=O)(=O)Nc1ccccc1NC(=O)[C@H]1Cc2ccccc2O1. The van der Waals surface area contributed by atoms with Crippen LogP contribution in [0.3, 0.4) is 0 Å². The Morgan fingerprint density at radius 2 is 1.74 bits per heavy atom. The first-order valence-corrected chi connectivity index (χ1v) is 8.94. The normalized spacial score (nSPS) is 16.3. The summed E-state index contributed by atoms with van der Waals surface area (Å²) in [4.78, 5) is 12.4. The molecule has 0 fully saturated rings. The van der Waals surface area contributed by atoms with Gasteiger partial charge < -0.3 is 10.1 Å². The van der Waals surface area contributed by atoms with Crippen molar-refractivity contribution in [3.05, 3.63) is 54.1 Å². The highest BCUT2D eigenvalue weighted by Gasteiger charge is 2.29. The number of fused-ring (bicyclic) bond motifs is 1. The fourth-order valence-electron chi connectivity index (χ4n) is 2.42. The molecule has 23 heavy (non-hydrogen) atoms. The second-order valence-electron chi connectivity index (χ2n) is 5.33. The number of para-hydroxylation sites is 3. The van der Waals surface area contributed by atoms with Gasteiger partial charge in [0.25, 0.3) is 5.91 Å². The van der Waals surface area contributed by atoms with Crippen LogP contribution in [0.5, 0.6) is 5.75 Å². The molecular formula is C16H16N2O4S. The Morgan fingerprint density at radius 3 is 2.43 bits per heavy atom. The molecule has 2 aromatic carbocycles. The van der Waals surface area contributed by atoms with Crippen molar-refractivity contribution in [1.82, 2.24) is 0 Å². The second kappa shape index (κ2) is 5.92. The molecule has 0 saturated carbocycles. The van der Waals surface area contributed by atoms with Gasteiger partial charge in [-0.15, -0.1) is 0 Å². The molecule has 0 aliphatic carbocycles. The lowest BCUT2D eigenvalue weighted by atomic mass is 10.1. The van der Waals surface area contributed by atoms with Crippen molar-refractivity contribution in [1.29, 1.82) is 0 Å². The minimum Gasteiger partial charge on any atom is -0.480 e. The minimum atomic E-state index is -3.43. The zero-order valence-electron chi connectivity index (χ0n) is 12.4. The lowest BCUT2D eigenvalue weighted by Crippen LogP contribution is -2.31. The van der Waals surface area contributed by atoms with Crippen LogP contribution in [0.25, 0.3) is 0 Å². The summed E-state index contributed by atoms with van der Waals surface area (Å²) in [5, 5.41) is 2.72. The molecule has 1 aliphatic heterocycles. The van der Waals surface area contributed by atoms with Crippen LogP contribution in [-0.2, 0) is 21.2 Å². The van der Waals surface area contributed by atoms with Crippen LogP contribution in [0.15, 0.2) is 48.5 Å². The highest BCUT2D eigenvalue weighted by Crippen LogP contribution is 2.29. The van der Waals surface area contributed by atoms with Gasteiger partial charge in [-0.3, -0.25) is 9.52 Å². The predicted octanol–water partition coefficient (Wildman–Crippen LogP) is 2.00. The van der Waals surface area contributed by atoms with Crippen LogP contribution in [0.4, 0.5) is 11.4 Å². The zero-order chi connectivity index (χ0) is 16.4. The molecule has 0 spiro atoms. The van der Waals surface area contributed by atoms with Crippen molar-refractivity contribution in [2.24, 2.45) is 0 Å². The molecule has 0 unspecified atom stereocenters. The molecule has 3 rings (SSSR count). The third-order valence-corrected chi connectivity index (χ3v) is 4.01. The fraction of sp³-hybridized carbons (Fsp3) is 0.188. The summed E-state index contributed by atoms with van der Waals surface area (Å²) < 4.78 is 30.8. The zero-order valence-corrected chi connectivity index (χ0v) is 13.3. The van der Waals surface area contributed by atoms with Gasteiger partial charge in [-0.25, -0.2) is 8.42 Å². The van der Waals surface area contributed by atoms with E-state index in [2.05, 4.69) is 10.0 Å².